The van der Waals surface area contributed by atoms with Crippen LogP contribution in [0.2, 0.25) is 0 Å². The Balaban J connectivity index is 2.71. The fourth-order valence-electron chi connectivity index (χ4n) is 0.950. The molecule has 0 aromatic heterocycles. The topological polar surface area (TPSA) is 52.5 Å². The number of hydrogen-bond donors (Lipinski definition) is 3. The van der Waals surface area contributed by atoms with Crippen LogP contribution < -0.4 is 5.32 Å². The Morgan fingerprint density at radius 3 is 2.67 bits per heavy atom. The molecule has 82 valence electrons. The molecule has 3 nitrogen and oxygen atoms in total. The molecule has 0 amide bonds. The van der Waals surface area contributed by atoms with Crippen molar-refractivity contribution in [1.29, 1.82) is 0 Å². The zero-order chi connectivity index (χ0) is 11.4. The lowest BCUT2D eigenvalue weighted by molar-refractivity contribution is 0.449. The minimum Gasteiger partial charge on any atom is -0.508 e. The highest BCUT2D eigenvalue weighted by Crippen LogP contribution is 2.31. The number of thiocarbonyl (C=S) groups is 1. The van der Waals surface area contributed by atoms with Gasteiger partial charge in [0.25, 0.3) is 0 Å². The fraction of sp³-hybridized carbons (Fsp3) is 0.300. The van der Waals surface area contributed by atoms with Gasteiger partial charge >= 0.3 is 0 Å². The molecule has 0 unspecified atom stereocenters. The fourth-order valence-corrected chi connectivity index (χ4v) is 2.30. The number of phenolic OH excluding ortho intramolecular Hbond substituents is 2. The van der Waals surface area contributed by atoms with E-state index in [4.69, 9.17) is 12.2 Å². The van der Waals surface area contributed by atoms with Crippen molar-refractivity contribution in [3.8, 4) is 11.5 Å². The molecule has 0 fully saturated rings. The molecule has 0 radical (unpaired) electrons. The van der Waals surface area contributed by atoms with Crippen molar-refractivity contribution in [1.82, 2.24) is 5.32 Å². The van der Waals surface area contributed by atoms with Gasteiger partial charge < -0.3 is 15.5 Å². The maximum atomic E-state index is 9.50. The normalized spacial score (nSPS) is 10.3. The number of rotatable bonds is 2. The van der Waals surface area contributed by atoms with Crippen LogP contribution in [0.15, 0.2) is 23.1 Å². The van der Waals surface area contributed by atoms with E-state index in [-0.39, 0.29) is 17.5 Å². The van der Waals surface area contributed by atoms with Crippen molar-refractivity contribution in [3.63, 3.8) is 0 Å². The number of thioether (sulfide) groups is 1. The molecule has 15 heavy (non-hydrogen) atoms. The summed E-state index contributed by atoms with van der Waals surface area (Å²) in [6, 6.07) is 4.60. The molecule has 0 aliphatic heterocycles. The highest BCUT2D eigenvalue weighted by atomic mass is 32.2. The van der Waals surface area contributed by atoms with Crippen LogP contribution in [0.5, 0.6) is 11.5 Å². The molecule has 1 aromatic rings. The molecule has 0 saturated carbocycles. The van der Waals surface area contributed by atoms with E-state index < -0.39 is 0 Å². The monoisotopic (exact) mass is 243 g/mol. The second kappa shape index (κ2) is 5.23. The molecular weight excluding hydrogens is 230 g/mol. The quantitative estimate of drug-likeness (QED) is 0.423. The van der Waals surface area contributed by atoms with Crippen molar-refractivity contribution in [2.24, 2.45) is 0 Å². The van der Waals surface area contributed by atoms with Crippen LogP contribution in [-0.4, -0.2) is 20.6 Å². The SMILES string of the molecule is CC(C)NC(=S)Sc1cc(O)ccc1O. The predicted molar refractivity (Wildman–Crippen MR) is 66.5 cm³/mol. The van der Waals surface area contributed by atoms with E-state index in [1.165, 1.54) is 30.0 Å². The summed E-state index contributed by atoms with van der Waals surface area (Å²) in [5.74, 6) is 0.230. The Hall–Kier alpha value is -0.940. The molecule has 0 aliphatic rings. The molecule has 1 rings (SSSR count). The third-order valence-electron chi connectivity index (χ3n) is 1.55. The first-order chi connectivity index (χ1) is 6.99. The second-order valence-corrected chi connectivity index (χ2v) is 5.06. The third-order valence-corrected chi connectivity index (χ3v) is 2.77. The zero-order valence-electron chi connectivity index (χ0n) is 8.52. The number of nitrogens with one attached hydrogen (secondary N) is 1. The minimum absolute atomic E-state index is 0.114. The predicted octanol–water partition coefficient (Wildman–Crippen LogP) is 2.47. The van der Waals surface area contributed by atoms with Crippen LogP contribution in [0.3, 0.4) is 0 Å². The van der Waals surface area contributed by atoms with Gasteiger partial charge in [-0.1, -0.05) is 24.0 Å². The van der Waals surface area contributed by atoms with Gasteiger partial charge in [-0.2, -0.15) is 0 Å². The van der Waals surface area contributed by atoms with Gasteiger partial charge in [0.15, 0.2) is 0 Å². The van der Waals surface area contributed by atoms with Gasteiger partial charge in [-0.3, -0.25) is 0 Å². The van der Waals surface area contributed by atoms with Crippen molar-refractivity contribution in [3.05, 3.63) is 18.2 Å². The summed E-state index contributed by atoms with van der Waals surface area (Å²) in [5, 5.41) is 21.8. The Bertz CT molecular complexity index is 366. The molecule has 0 heterocycles. The van der Waals surface area contributed by atoms with E-state index in [0.29, 0.717) is 9.22 Å². The summed E-state index contributed by atoms with van der Waals surface area (Å²) < 4.78 is 0.575. The third kappa shape index (κ3) is 3.97. The van der Waals surface area contributed by atoms with Crippen LogP contribution in [-0.2, 0) is 0 Å². The van der Waals surface area contributed by atoms with E-state index in [2.05, 4.69) is 5.32 Å². The van der Waals surface area contributed by atoms with E-state index in [0.717, 1.165) is 0 Å². The Morgan fingerprint density at radius 2 is 2.07 bits per heavy atom. The Kier molecular flexibility index (Phi) is 4.23. The van der Waals surface area contributed by atoms with E-state index in [9.17, 15) is 10.2 Å². The summed E-state index contributed by atoms with van der Waals surface area (Å²) in [5.41, 5.74) is 0. The van der Waals surface area contributed by atoms with E-state index >= 15 is 0 Å². The molecule has 1 aromatic carbocycles. The molecular formula is C10H13NO2S2. The number of aromatic hydroxyl groups is 2. The molecule has 5 heteroatoms. The maximum absolute atomic E-state index is 9.50. The lowest BCUT2D eigenvalue weighted by atomic mass is 10.3. The molecule has 0 bridgehead atoms. The minimum atomic E-state index is 0.114. The van der Waals surface area contributed by atoms with Gasteiger partial charge in [0.2, 0.25) is 0 Å². The zero-order valence-corrected chi connectivity index (χ0v) is 10.2. The summed E-state index contributed by atoms with van der Waals surface area (Å²) in [4.78, 5) is 0.549. The number of phenols is 2. The van der Waals surface area contributed by atoms with Crippen LogP contribution in [0, 0.1) is 0 Å². The lowest BCUT2D eigenvalue weighted by Gasteiger charge is -2.11. The van der Waals surface area contributed by atoms with Crippen LogP contribution in [0.4, 0.5) is 0 Å². The highest BCUT2D eigenvalue weighted by molar-refractivity contribution is 8.23. The maximum Gasteiger partial charge on any atom is 0.138 e. The first-order valence-electron chi connectivity index (χ1n) is 4.49. The van der Waals surface area contributed by atoms with Crippen molar-refractivity contribution >= 4 is 28.3 Å². The largest absolute Gasteiger partial charge is 0.508 e. The van der Waals surface area contributed by atoms with Crippen LogP contribution in [0.25, 0.3) is 0 Å². The molecule has 0 saturated heterocycles. The average Bonchev–Trinajstić information content (AvgIpc) is 2.10. The Morgan fingerprint density at radius 1 is 1.40 bits per heavy atom. The highest BCUT2D eigenvalue weighted by Gasteiger charge is 2.07. The smallest absolute Gasteiger partial charge is 0.138 e. The molecule has 0 spiro atoms. The van der Waals surface area contributed by atoms with Crippen LogP contribution in [0.1, 0.15) is 13.8 Å². The first-order valence-corrected chi connectivity index (χ1v) is 5.72. The van der Waals surface area contributed by atoms with Crippen molar-refractivity contribution < 1.29 is 10.2 Å². The van der Waals surface area contributed by atoms with Gasteiger partial charge in [0, 0.05) is 6.04 Å². The second-order valence-electron chi connectivity index (χ2n) is 3.34. The lowest BCUT2D eigenvalue weighted by Crippen LogP contribution is -2.26. The number of hydrogen-bond acceptors (Lipinski definition) is 4. The summed E-state index contributed by atoms with van der Waals surface area (Å²) >= 11 is 6.30. The molecule has 0 atom stereocenters. The molecule has 0 aliphatic carbocycles. The van der Waals surface area contributed by atoms with Gasteiger partial charge in [-0.25, -0.2) is 0 Å². The Labute approximate surface area is 98.5 Å². The summed E-state index contributed by atoms with van der Waals surface area (Å²) in [6.07, 6.45) is 0. The molecule has 3 N–H and O–H groups in total. The van der Waals surface area contributed by atoms with Crippen LogP contribution >= 0.6 is 24.0 Å². The standard InChI is InChI=1S/C10H13NO2S2/c1-6(2)11-10(14)15-9-5-7(12)3-4-8(9)13/h3-6,12-13H,1-2H3,(H,11,14). The van der Waals surface area contributed by atoms with Crippen molar-refractivity contribution in [2.75, 3.05) is 0 Å². The van der Waals surface area contributed by atoms with E-state index in [1.54, 1.807) is 0 Å². The van der Waals surface area contributed by atoms with Crippen molar-refractivity contribution in [2.45, 2.75) is 24.8 Å². The van der Waals surface area contributed by atoms with E-state index in [1.807, 2.05) is 13.8 Å². The number of benzene rings is 1. The average molecular weight is 243 g/mol. The van der Waals surface area contributed by atoms with Gasteiger partial charge in [0.05, 0.1) is 4.90 Å². The summed E-state index contributed by atoms with van der Waals surface area (Å²) in [6.45, 7) is 3.96. The van der Waals surface area contributed by atoms with Gasteiger partial charge in [-0.15, -0.1) is 0 Å². The summed E-state index contributed by atoms with van der Waals surface area (Å²) in [7, 11) is 0. The first kappa shape index (κ1) is 12.1. The van der Waals surface area contributed by atoms with Gasteiger partial charge in [0.1, 0.15) is 15.8 Å². The van der Waals surface area contributed by atoms with Gasteiger partial charge in [-0.05, 0) is 32.0 Å².